The Morgan fingerprint density at radius 1 is 0.333 bits per heavy atom. The van der Waals surface area contributed by atoms with Crippen LogP contribution in [0.2, 0.25) is 0 Å². The summed E-state index contributed by atoms with van der Waals surface area (Å²) < 4.78 is 1.04. The van der Waals surface area contributed by atoms with Gasteiger partial charge < -0.3 is 0 Å². The summed E-state index contributed by atoms with van der Waals surface area (Å²) in [6.07, 6.45) is 0. The van der Waals surface area contributed by atoms with Gasteiger partial charge in [0.25, 0.3) is 0 Å². The molecular formula is C41H26N3Se. The van der Waals surface area contributed by atoms with Crippen molar-refractivity contribution in [3.63, 3.8) is 0 Å². The number of benzene rings is 7. The van der Waals surface area contributed by atoms with Gasteiger partial charge in [0.05, 0.1) is 0 Å². The van der Waals surface area contributed by atoms with Crippen LogP contribution < -0.4 is 4.46 Å². The van der Waals surface area contributed by atoms with Crippen molar-refractivity contribution >= 4 is 42.0 Å². The van der Waals surface area contributed by atoms with Gasteiger partial charge >= 0.3 is 271 Å². The van der Waals surface area contributed by atoms with Crippen LogP contribution in [0.15, 0.2) is 158 Å². The molecule has 7 aromatic carbocycles. The van der Waals surface area contributed by atoms with Crippen LogP contribution in [0, 0.1) is 0 Å². The van der Waals surface area contributed by atoms with Crippen LogP contribution in [-0.2, 0) is 0 Å². The number of aromatic nitrogens is 3. The molecule has 211 valence electrons. The van der Waals surface area contributed by atoms with Crippen LogP contribution in [-0.4, -0.2) is 31.0 Å². The Kier molecular flexibility index (Phi) is 7.00. The van der Waals surface area contributed by atoms with Gasteiger partial charge in [0.2, 0.25) is 0 Å². The molecule has 3 nitrogen and oxygen atoms in total. The first-order chi connectivity index (χ1) is 22.2. The molecule has 0 N–H and O–H groups in total. The zero-order valence-corrected chi connectivity index (χ0v) is 26.0. The number of hydrogen-bond donors (Lipinski definition) is 0. The van der Waals surface area contributed by atoms with E-state index in [0.29, 0.717) is 17.5 Å². The Bertz CT molecular complexity index is 2350. The maximum atomic E-state index is 5.11. The molecule has 0 atom stereocenters. The summed E-state index contributed by atoms with van der Waals surface area (Å²) in [7, 11) is 0. The maximum absolute atomic E-state index is 5.11. The van der Waals surface area contributed by atoms with Crippen LogP contribution in [0.3, 0.4) is 0 Å². The first-order valence-electron chi connectivity index (χ1n) is 14.9. The van der Waals surface area contributed by atoms with Crippen LogP contribution >= 0.6 is 0 Å². The van der Waals surface area contributed by atoms with Crippen molar-refractivity contribution in [1.82, 2.24) is 15.0 Å². The summed E-state index contributed by atoms with van der Waals surface area (Å²) >= 11 is 3.30. The van der Waals surface area contributed by atoms with E-state index in [1.807, 2.05) is 30.3 Å². The normalized spacial score (nSPS) is 11.2. The van der Waals surface area contributed by atoms with Crippen molar-refractivity contribution in [2.45, 2.75) is 0 Å². The average molecular weight is 640 g/mol. The molecule has 0 saturated carbocycles. The van der Waals surface area contributed by atoms with Gasteiger partial charge in [-0.2, -0.15) is 0 Å². The first kappa shape index (κ1) is 27.2. The molecule has 0 fully saturated rings. The van der Waals surface area contributed by atoms with E-state index >= 15 is 0 Å². The molecular weight excluding hydrogens is 613 g/mol. The predicted octanol–water partition coefficient (Wildman–Crippen LogP) is 9.31. The minimum absolute atomic E-state index is 0.634. The van der Waals surface area contributed by atoms with Crippen molar-refractivity contribution in [2.24, 2.45) is 0 Å². The van der Waals surface area contributed by atoms with Crippen molar-refractivity contribution in [3.8, 4) is 56.4 Å². The van der Waals surface area contributed by atoms with Crippen LogP contribution in [0.5, 0.6) is 0 Å². The van der Waals surface area contributed by atoms with Gasteiger partial charge in [-0.1, -0.05) is 0 Å². The number of rotatable bonds is 5. The summed E-state index contributed by atoms with van der Waals surface area (Å²) in [6.45, 7) is 0. The standard InChI is InChI=1S/C41H26N3Se/c45-37-19-9-18-36(38(37)34-17-8-16-32(25-34)33-22-20-27-10-4-6-14-30(27)24-33)41-43-39(29-12-2-1-3-13-29)42-40(44-41)35-23-21-28-11-5-7-15-31(28)26-35/h1-26H. The van der Waals surface area contributed by atoms with Crippen LogP contribution in [0.4, 0.5) is 0 Å². The van der Waals surface area contributed by atoms with Crippen molar-refractivity contribution < 1.29 is 0 Å². The van der Waals surface area contributed by atoms with Crippen molar-refractivity contribution in [2.75, 3.05) is 0 Å². The van der Waals surface area contributed by atoms with Crippen molar-refractivity contribution in [3.05, 3.63) is 158 Å². The summed E-state index contributed by atoms with van der Waals surface area (Å²) in [6, 6.07) is 54.9. The molecule has 4 heteroatoms. The molecule has 0 amide bonds. The molecule has 8 rings (SSSR count). The second-order valence-corrected chi connectivity index (χ2v) is 12.0. The van der Waals surface area contributed by atoms with Gasteiger partial charge in [0, 0.05) is 0 Å². The monoisotopic (exact) mass is 640 g/mol. The molecule has 0 aliphatic carbocycles. The van der Waals surface area contributed by atoms with Crippen molar-refractivity contribution in [1.29, 1.82) is 0 Å². The fraction of sp³-hybridized carbons (Fsp3) is 0. The zero-order chi connectivity index (χ0) is 30.2. The number of nitrogens with zero attached hydrogens (tertiary/aromatic N) is 3. The molecule has 1 heterocycles. The van der Waals surface area contributed by atoms with Gasteiger partial charge in [0.15, 0.2) is 0 Å². The van der Waals surface area contributed by atoms with E-state index in [-0.39, 0.29) is 0 Å². The van der Waals surface area contributed by atoms with Gasteiger partial charge in [-0.25, -0.2) is 0 Å². The quantitative estimate of drug-likeness (QED) is 0.176. The van der Waals surface area contributed by atoms with Crippen LogP contribution in [0.25, 0.3) is 78.0 Å². The summed E-state index contributed by atoms with van der Waals surface area (Å²) in [5, 5.41) is 4.79. The second kappa shape index (κ2) is 11.6. The molecule has 45 heavy (non-hydrogen) atoms. The minimum atomic E-state index is 0.634. The zero-order valence-electron chi connectivity index (χ0n) is 24.3. The Morgan fingerprint density at radius 3 is 1.58 bits per heavy atom. The topological polar surface area (TPSA) is 38.7 Å². The summed E-state index contributed by atoms with van der Waals surface area (Å²) in [5.74, 6) is 1.92. The third-order valence-electron chi connectivity index (χ3n) is 8.18. The van der Waals surface area contributed by atoms with E-state index in [0.717, 1.165) is 43.2 Å². The molecule has 0 saturated heterocycles. The molecule has 0 spiro atoms. The van der Waals surface area contributed by atoms with E-state index in [2.05, 4.69) is 143 Å². The fourth-order valence-corrected chi connectivity index (χ4v) is 6.55. The third-order valence-corrected chi connectivity index (χ3v) is 8.89. The van der Waals surface area contributed by atoms with E-state index in [1.165, 1.54) is 21.7 Å². The molecule has 0 aliphatic rings. The Morgan fingerprint density at radius 2 is 0.844 bits per heavy atom. The predicted molar refractivity (Wildman–Crippen MR) is 187 cm³/mol. The molecule has 0 aliphatic heterocycles. The van der Waals surface area contributed by atoms with Gasteiger partial charge in [0.1, 0.15) is 0 Å². The first-order valence-corrected chi connectivity index (χ1v) is 15.8. The van der Waals surface area contributed by atoms with Gasteiger partial charge in [-0.15, -0.1) is 0 Å². The van der Waals surface area contributed by atoms with E-state index in [9.17, 15) is 0 Å². The van der Waals surface area contributed by atoms with Crippen LogP contribution in [0.1, 0.15) is 0 Å². The molecule has 0 unspecified atom stereocenters. The average Bonchev–Trinajstić information content (AvgIpc) is 3.11. The fourth-order valence-electron chi connectivity index (χ4n) is 5.91. The Balaban J connectivity index is 1.30. The summed E-state index contributed by atoms with van der Waals surface area (Å²) in [4.78, 5) is 15.2. The second-order valence-electron chi connectivity index (χ2n) is 11.1. The van der Waals surface area contributed by atoms with E-state index in [4.69, 9.17) is 15.0 Å². The summed E-state index contributed by atoms with van der Waals surface area (Å²) in [5.41, 5.74) is 7.35. The molecule has 0 bridgehead atoms. The molecule has 1 radical (unpaired) electrons. The Labute approximate surface area is 270 Å². The molecule has 1 aromatic heterocycles. The number of fused-ring (bicyclic) bond motifs is 2. The van der Waals surface area contributed by atoms with Gasteiger partial charge in [-0.3, -0.25) is 0 Å². The van der Waals surface area contributed by atoms with E-state index < -0.39 is 0 Å². The van der Waals surface area contributed by atoms with Gasteiger partial charge in [-0.05, 0) is 0 Å². The Hall–Kier alpha value is -5.41. The van der Waals surface area contributed by atoms with E-state index in [1.54, 1.807) is 0 Å². The third kappa shape index (κ3) is 5.32. The number of hydrogen-bond acceptors (Lipinski definition) is 3. The molecule has 8 aromatic rings. The SMILES string of the molecule is [Se]c1cccc(-c2nc(-c3ccccc3)nc(-c3ccc4ccccc4c3)n2)c1-c1cccc(-c2ccc3ccccc3c2)c1.